The van der Waals surface area contributed by atoms with Crippen molar-refractivity contribution in [1.29, 1.82) is 0 Å². The van der Waals surface area contributed by atoms with E-state index in [0.717, 1.165) is 62.3 Å². The smallest absolute Gasteiger partial charge is 0.396 e. The van der Waals surface area contributed by atoms with Crippen molar-refractivity contribution in [2.24, 2.45) is 5.92 Å². The highest BCUT2D eigenvalue weighted by atomic mass is 35.5. The molecule has 0 aliphatic carbocycles. The molecule has 1 saturated heterocycles. The molecule has 0 bridgehead atoms. The summed E-state index contributed by atoms with van der Waals surface area (Å²) in [5.41, 5.74) is 4.86. The molecule has 1 atom stereocenters. The summed E-state index contributed by atoms with van der Waals surface area (Å²) in [6, 6.07) is 9.56. The molecule has 0 radical (unpaired) electrons. The van der Waals surface area contributed by atoms with E-state index in [0.29, 0.717) is 5.92 Å². The average molecular weight is 413 g/mol. The van der Waals surface area contributed by atoms with Crippen LogP contribution >= 0.6 is 12.4 Å². The molecule has 7 heteroatoms. The Labute approximate surface area is 169 Å². The van der Waals surface area contributed by atoms with Crippen LogP contribution in [-0.2, 0) is 19.1 Å². The zero-order valence-electron chi connectivity index (χ0n) is 15.4. The number of halogens is 4. The van der Waals surface area contributed by atoms with E-state index in [-0.39, 0.29) is 19.0 Å². The molecule has 2 N–H and O–H groups in total. The SMILES string of the molecule is Cl.OC[C@@H]1CCN(c2ccc(-c3ccc(C(F)(F)F)cc3)c3c2CNCC3)C1. The number of hydrogen-bond acceptors (Lipinski definition) is 3. The molecule has 0 saturated carbocycles. The topological polar surface area (TPSA) is 35.5 Å². The number of nitrogens with zero attached hydrogens (tertiary/aromatic N) is 1. The Bertz CT molecular complexity index is 824. The molecular weight excluding hydrogens is 389 g/mol. The van der Waals surface area contributed by atoms with Crippen LogP contribution < -0.4 is 10.2 Å². The number of aliphatic hydroxyl groups excluding tert-OH is 1. The molecule has 0 aromatic heterocycles. The van der Waals surface area contributed by atoms with Gasteiger partial charge in [0.25, 0.3) is 0 Å². The maximum Gasteiger partial charge on any atom is 0.416 e. The van der Waals surface area contributed by atoms with Crippen LogP contribution in [0.3, 0.4) is 0 Å². The van der Waals surface area contributed by atoms with Gasteiger partial charge in [-0.25, -0.2) is 0 Å². The third kappa shape index (κ3) is 4.00. The second-order valence-electron chi connectivity index (χ2n) is 7.37. The highest BCUT2D eigenvalue weighted by Gasteiger charge is 2.30. The van der Waals surface area contributed by atoms with E-state index < -0.39 is 11.7 Å². The van der Waals surface area contributed by atoms with E-state index in [1.807, 2.05) is 6.07 Å². The first-order valence-corrected chi connectivity index (χ1v) is 9.36. The van der Waals surface area contributed by atoms with Gasteiger partial charge >= 0.3 is 6.18 Å². The molecule has 2 aromatic carbocycles. The van der Waals surface area contributed by atoms with E-state index in [4.69, 9.17) is 0 Å². The Morgan fingerprint density at radius 1 is 1.07 bits per heavy atom. The Morgan fingerprint density at radius 3 is 2.46 bits per heavy atom. The number of aliphatic hydroxyl groups is 1. The summed E-state index contributed by atoms with van der Waals surface area (Å²) in [4.78, 5) is 2.32. The van der Waals surface area contributed by atoms with Gasteiger partial charge in [-0.2, -0.15) is 13.2 Å². The van der Waals surface area contributed by atoms with Crippen LogP contribution in [0.5, 0.6) is 0 Å². The van der Waals surface area contributed by atoms with Crippen LogP contribution in [0, 0.1) is 5.92 Å². The van der Waals surface area contributed by atoms with Gasteiger partial charge in [-0.05, 0) is 59.8 Å². The number of anilines is 1. The van der Waals surface area contributed by atoms with Gasteiger partial charge in [-0.3, -0.25) is 0 Å². The second kappa shape index (κ2) is 8.31. The van der Waals surface area contributed by atoms with Crippen molar-refractivity contribution in [2.75, 3.05) is 31.1 Å². The second-order valence-corrected chi connectivity index (χ2v) is 7.37. The van der Waals surface area contributed by atoms with Crippen LogP contribution in [0.15, 0.2) is 36.4 Å². The predicted molar refractivity (Wildman–Crippen MR) is 107 cm³/mol. The molecule has 28 heavy (non-hydrogen) atoms. The molecule has 2 aliphatic rings. The largest absolute Gasteiger partial charge is 0.416 e. The number of hydrogen-bond donors (Lipinski definition) is 2. The summed E-state index contributed by atoms with van der Waals surface area (Å²) in [5.74, 6) is 0.312. The summed E-state index contributed by atoms with van der Waals surface area (Å²) in [7, 11) is 0. The fraction of sp³-hybridized carbons (Fsp3) is 0.429. The first kappa shape index (κ1) is 21.0. The minimum absolute atomic E-state index is 0. The molecule has 2 aliphatic heterocycles. The van der Waals surface area contributed by atoms with Crippen LogP contribution in [0.25, 0.3) is 11.1 Å². The minimum Gasteiger partial charge on any atom is -0.396 e. The van der Waals surface area contributed by atoms with E-state index >= 15 is 0 Å². The fourth-order valence-electron chi connectivity index (χ4n) is 4.20. The molecule has 0 spiro atoms. The number of rotatable bonds is 3. The number of nitrogens with one attached hydrogen (secondary N) is 1. The number of fused-ring (bicyclic) bond motifs is 1. The van der Waals surface area contributed by atoms with E-state index in [1.165, 1.54) is 16.8 Å². The van der Waals surface area contributed by atoms with Crippen molar-refractivity contribution in [3.05, 3.63) is 53.1 Å². The third-order valence-electron chi connectivity index (χ3n) is 5.67. The van der Waals surface area contributed by atoms with Gasteiger partial charge in [0.15, 0.2) is 0 Å². The molecule has 2 heterocycles. The van der Waals surface area contributed by atoms with Gasteiger partial charge in [-0.1, -0.05) is 18.2 Å². The fourth-order valence-corrected chi connectivity index (χ4v) is 4.20. The lowest BCUT2D eigenvalue weighted by atomic mass is 9.89. The van der Waals surface area contributed by atoms with Gasteiger partial charge in [0, 0.05) is 37.8 Å². The van der Waals surface area contributed by atoms with Gasteiger partial charge in [0.2, 0.25) is 0 Å². The van der Waals surface area contributed by atoms with Crippen LogP contribution in [0.1, 0.15) is 23.1 Å². The van der Waals surface area contributed by atoms with Gasteiger partial charge in [-0.15, -0.1) is 12.4 Å². The van der Waals surface area contributed by atoms with Crippen LogP contribution in [0.2, 0.25) is 0 Å². The van der Waals surface area contributed by atoms with Crippen molar-refractivity contribution >= 4 is 18.1 Å². The normalized spacial score (nSPS) is 19.3. The van der Waals surface area contributed by atoms with Crippen molar-refractivity contribution in [2.45, 2.75) is 25.6 Å². The van der Waals surface area contributed by atoms with Crippen LogP contribution in [0.4, 0.5) is 18.9 Å². The summed E-state index contributed by atoms with van der Waals surface area (Å²) < 4.78 is 38.6. The summed E-state index contributed by atoms with van der Waals surface area (Å²) >= 11 is 0. The molecule has 3 nitrogen and oxygen atoms in total. The van der Waals surface area contributed by atoms with Crippen molar-refractivity contribution in [3.63, 3.8) is 0 Å². The highest BCUT2D eigenvalue weighted by Crippen LogP contribution is 2.37. The Morgan fingerprint density at radius 2 is 1.82 bits per heavy atom. The maximum absolute atomic E-state index is 12.9. The Hall–Kier alpha value is -1.76. The third-order valence-corrected chi connectivity index (χ3v) is 5.67. The molecular formula is C21H24ClF3N2O. The van der Waals surface area contributed by atoms with E-state index in [2.05, 4.69) is 16.3 Å². The van der Waals surface area contributed by atoms with E-state index in [9.17, 15) is 18.3 Å². The summed E-state index contributed by atoms with van der Waals surface area (Å²) in [6.07, 6.45) is -2.47. The highest BCUT2D eigenvalue weighted by molar-refractivity contribution is 5.85. The number of benzene rings is 2. The number of alkyl halides is 3. The molecule has 0 unspecified atom stereocenters. The molecule has 0 amide bonds. The maximum atomic E-state index is 12.9. The Balaban J connectivity index is 0.00000225. The lowest BCUT2D eigenvalue weighted by Gasteiger charge is -2.29. The average Bonchev–Trinajstić information content (AvgIpc) is 3.15. The Kier molecular flexibility index (Phi) is 6.22. The van der Waals surface area contributed by atoms with Crippen molar-refractivity contribution in [3.8, 4) is 11.1 Å². The zero-order valence-corrected chi connectivity index (χ0v) is 16.2. The quantitative estimate of drug-likeness (QED) is 0.790. The monoisotopic (exact) mass is 412 g/mol. The zero-order chi connectivity index (χ0) is 19.0. The molecule has 4 rings (SSSR count). The molecule has 1 fully saturated rings. The standard InChI is InChI=1S/C21H23F3N2O.ClH/c22-21(23,24)16-3-1-15(2-4-16)17-5-6-20(19-11-25-9-7-18(17)19)26-10-8-14(12-26)13-27;/h1-6,14,25,27H,7-13H2;1H/t14-;/m1./s1. The first-order valence-electron chi connectivity index (χ1n) is 9.36. The first-order chi connectivity index (χ1) is 13.0. The lowest BCUT2D eigenvalue weighted by Crippen LogP contribution is -2.29. The predicted octanol–water partition coefficient (Wildman–Crippen LogP) is 4.26. The van der Waals surface area contributed by atoms with Gasteiger partial charge in [0.1, 0.15) is 0 Å². The summed E-state index contributed by atoms with van der Waals surface area (Å²) in [5, 5.41) is 12.8. The molecule has 2 aromatic rings. The van der Waals surface area contributed by atoms with Crippen molar-refractivity contribution < 1.29 is 18.3 Å². The minimum atomic E-state index is -4.31. The summed E-state index contributed by atoms with van der Waals surface area (Å²) in [6.45, 7) is 3.61. The van der Waals surface area contributed by atoms with Crippen molar-refractivity contribution in [1.82, 2.24) is 5.32 Å². The van der Waals surface area contributed by atoms with Crippen LogP contribution in [-0.4, -0.2) is 31.3 Å². The molecule has 152 valence electrons. The lowest BCUT2D eigenvalue weighted by molar-refractivity contribution is -0.137. The van der Waals surface area contributed by atoms with Gasteiger partial charge < -0.3 is 15.3 Å². The van der Waals surface area contributed by atoms with Gasteiger partial charge in [0.05, 0.1) is 5.56 Å². The van der Waals surface area contributed by atoms with E-state index in [1.54, 1.807) is 12.1 Å².